The van der Waals surface area contributed by atoms with Crippen LogP contribution in [-0.4, -0.2) is 9.55 Å². The van der Waals surface area contributed by atoms with E-state index in [4.69, 9.17) is 16.6 Å². The topological polar surface area (TPSA) is 34.9 Å². The van der Waals surface area contributed by atoms with Crippen LogP contribution in [0.1, 0.15) is 40.5 Å². The third kappa shape index (κ3) is 4.45. The van der Waals surface area contributed by atoms with Crippen LogP contribution >= 0.6 is 34.7 Å². The summed E-state index contributed by atoms with van der Waals surface area (Å²) in [4.78, 5) is 20.8. The van der Waals surface area contributed by atoms with Crippen molar-refractivity contribution < 1.29 is 0 Å². The van der Waals surface area contributed by atoms with Gasteiger partial charge in [-0.3, -0.25) is 9.36 Å². The van der Waals surface area contributed by atoms with E-state index < -0.39 is 0 Å². The van der Waals surface area contributed by atoms with Gasteiger partial charge in [-0.1, -0.05) is 54.9 Å². The second-order valence-electron chi connectivity index (χ2n) is 7.80. The van der Waals surface area contributed by atoms with Crippen LogP contribution in [0.4, 0.5) is 0 Å². The van der Waals surface area contributed by atoms with Crippen LogP contribution in [-0.2, 0) is 12.2 Å². The Balaban J connectivity index is 1.89. The van der Waals surface area contributed by atoms with Gasteiger partial charge in [0.25, 0.3) is 5.56 Å². The van der Waals surface area contributed by atoms with Gasteiger partial charge in [0.1, 0.15) is 4.83 Å². The van der Waals surface area contributed by atoms with Crippen molar-refractivity contribution in [3.8, 4) is 5.69 Å². The number of benzene rings is 2. The number of halogens is 1. The molecule has 3 nitrogen and oxygen atoms in total. The molecule has 0 unspecified atom stereocenters. The van der Waals surface area contributed by atoms with Crippen molar-refractivity contribution >= 4 is 44.9 Å². The summed E-state index contributed by atoms with van der Waals surface area (Å²) in [6, 6.07) is 14.0. The smallest absolute Gasteiger partial charge is 0.267 e. The first-order valence-corrected chi connectivity index (χ1v) is 12.6. The summed E-state index contributed by atoms with van der Waals surface area (Å²) in [7, 11) is 0. The molecule has 0 saturated heterocycles. The Kier molecular flexibility index (Phi) is 6.56. The molecule has 0 saturated carbocycles. The fourth-order valence-corrected chi connectivity index (χ4v) is 6.13. The molecule has 0 N–H and O–H groups in total. The largest absolute Gasteiger partial charge is 0.268 e. The van der Waals surface area contributed by atoms with Gasteiger partial charge in [-0.15, -0.1) is 11.3 Å². The minimum atomic E-state index is 0.0120. The fraction of sp³-hybridized carbons (Fsp3) is 0.280. The summed E-state index contributed by atoms with van der Waals surface area (Å²) in [6.45, 7) is 8.37. The Morgan fingerprint density at radius 3 is 2.61 bits per heavy atom. The van der Waals surface area contributed by atoms with E-state index in [2.05, 4.69) is 39.8 Å². The lowest BCUT2D eigenvalue weighted by Crippen LogP contribution is -2.21. The van der Waals surface area contributed by atoms with E-state index >= 15 is 0 Å². The Bertz CT molecular complexity index is 1320. The summed E-state index contributed by atoms with van der Waals surface area (Å²) < 4.78 is 1.78. The van der Waals surface area contributed by atoms with E-state index in [-0.39, 0.29) is 5.56 Å². The van der Waals surface area contributed by atoms with E-state index in [1.807, 2.05) is 30.3 Å². The Labute approximate surface area is 196 Å². The number of rotatable bonds is 6. The molecule has 0 aliphatic carbocycles. The summed E-state index contributed by atoms with van der Waals surface area (Å²) >= 11 is 9.38. The number of thioether (sulfide) groups is 1. The average Bonchev–Trinajstić information content (AvgIpc) is 3.05. The first-order valence-electron chi connectivity index (χ1n) is 10.4. The highest BCUT2D eigenvalue weighted by molar-refractivity contribution is 7.98. The standard InChI is InChI=1S/C25H25ClN2OS2/c1-5-7-21-17(4)22-23(31-21)27-25(30-14-18-8-6-9-19(26)13-18)28(24(22)29)20-11-10-15(2)16(3)12-20/h6,8-13H,5,7,14H2,1-4H3. The molecule has 0 aliphatic rings. The van der Waals surface area contributed by atoms with Crippen molar-refractivity contribution in [2.45, 2.75) is 51.4 Å². The number of aromatic nitrogens is 2. The molecule has 4 aromatic rings. The molecule has 160 valence electrons. The molecule has 0 amide bonds. The molecule has 6 heteroatoms. The van der Waals surface area contributed by atoms with E-state index in [9.17, 15) is 4.79 Å². The SMILES string of the molecule is CCCc1sc2nc(SCc3cccc(Cl)c3)n(-c3ccc(C)c(C)c3)c(=O)c2c1C. The third-order valence-corrected chi connectivity index (χ3v) is 8.01. The summed E-state index contributed by atoms with van der Waals surface area (Å²) in [5.74, 6) is 0.690. The summed E-state index contributed by atoms with van der Waals surface area (Å²) in [6.07, 6.45) is 2.02. The number of hydrogen-bond donors (Lipinski definition) is 0. The quantitative estimate of drug-likeness (QED) is 0.220. The molecular weight excluding hydrogens is 444 g/mol. The number of nitrogens with zero attached hydrogens (tertiary/aromatic N) is 2. The molecule has 2 heterocycles. The van der Waals surface area contributed by atoms with Gasteiger partial charge in [0.2, 0.25) is 0 Å². The predicted octanol–water partition coefficient (Wildman–Crippen LogP) is 7.27. The van der Waals surface area contributed by atoms with Gasteiger partial charge >= 0.3 is 0 Å². The number of fused-ring (bicyclic) bond motifs is 1. The summed E-state index contributed by atoms with van der Waals surface area (Å²) in [5.41, 5.74) is 5.41. The fourth-order valence-electron chi connectivity index (χ4n) is 3.64. The van der Waals surface area contributed by atoms with Gasteiger partial charge in [-0.25, -0.2) is 4.98 Å². The zero-order chi connectivity index (χ0) is 22.1. The lowest BCUT2D eigenvalue weighted by atomic mass is 10.1. The van der Waals surface area contributed by atoms with Gasteiger partial charge in [0.15, 0.2) is 5.16 Å². The highest BCUT2D eigenvalue weighted by Crippen LogP contribution is 2.32. The lowest BCUT2D eigenvalue weighted by Gasteiger charge is -2.14. The van der Waals surface area contributed by atoms with Crippen LogP contribution in [0.3, 0.4) is 0 Å². The molecule has 31 heavy (non-hydrogen) atoms. The van der Waals surface area contributed by atoms with Crippen LogP contribution in [0.25, 0.3) is 15.9 Å². The van der Waals surface area contributed by atoms with Crippen LogP contribution in [0, 0.1) is 20.8 Å². The normalized spacial score (nSPS) is 11.4. The van der Waals surface area contributed by atoms with Crippen LogP contribution < -0.4 is 5.56 Å². The number of thiophene rings is 1. The van der Waals surface area contributed by atoms with E-state index in [1.165, 1.54) is 10.4 Å². The number of aryl methyl sites for hydroxylation is 4. The van der Waals surface area contributed by atoms with Gasteiger partial charge in [-0.05, 0) is 73.7 Å². The first-order chi connectivity index (χ1) is 14.9. The van der Waals surface area contributed by atoms with Crippen molar-refractivity contribution in [2.75, 3.05) is 0 Å². The molecule has 0 bridgehead atoms. The Morgan fingerprint density at radius 2 is 1.90 bits per heavy atom. The van der Waals surface area contributed by atoms with Gasteiger partial charge in [-0.2, -0.15) is 0 Å². The molecule has 0 aliphatic heterocycles. The van der Waals surface area contributed by atoms with Crippen molar-refractivity contribution in [1.29, 1.82) is 0 Å². The zero-order valence-electron chi connectivity index (χ0n) is 18.2. The molecule has 2 aromatic heterocycles. The summed E-state index contributed by atoms with van der Waals surface area (Å²) in [5, 5.41) is 2.18. The van der Waals surface area contributed by atoms with E-state index in [0.29, 0.717) is 15.9 Å². The van der Waals surface area contributed by atoms with Crippen molar-refractivity contribution in [2.24, 2.45) is 0 Å². The minimum Gasteiger partial charge on any atom is -0.268 e. The van der Waals surface area contributed by atoms with Gasteiger partial charge in [0.05, 0.1) is 11.1 Å². The monoisotopic (exact) mass is 468 g/mol. The van der Waals surface area contributed by atoms with Crippen LogP contribution in [0.5, 0.6) is 0 Å². The molecule has 0 radical (unpaired) electrons. The highest BCUT2D eigenvalue weighted by Gasteiger charge is 2.19. The minimum absolute atomic E-state index is 0.0120. The van der Waals surface area contributed by atoms with Gasteiger partial charge in [0, 0.05) is 15.7 Å². The molecule has 0 atom stereocenters. The van der Waals surface area contributed by atoms with E-state index in [0.717, 1.165) is 45.4 Å². The maximum absolute atomic E-state index is 13.7. The first kappa shape index (κ1) is 22.1. The molecule has 0 fully saturated rings. The molecule has 4 rings (SSSR count). The van der Waals surface area contributed by atoms with E-state index in [1.54, 1.807) is 27.7 Å². The van der Waals surface area contributed by atoms with Crippen LogP contribution in [0.2, 0.25) is 5.02 Å². The van der Waals surface area contributed by atoms with Crippen molar-refractivity contribution in [3.05, 3.63) is 85.0 Å². The van der Waals surface area contributed by atoms with Crippen LogP contribution in [0.15, 0.2) is 52.4 Å². The average molecular weight is 469 g/mol. The van der Waals surface area contributed by atoms with Crippen molar-refractivity contribution in [3.63, 3.8) is 0 Å². The number of hydrogen-bond acceptors (Lipinski definition) is 4. The molecule has 0 spiro atoms. The van der Waals surface area contributed by atoms with Gasteiger partial charge < -0.3 is 0 Å². The third-order valence-electron chi connectivity index (χ3n) is 5.52. The second-order valence-corrected chi connectivity index (χ2v) is 10.3. The maximum atomic E-state index is 13.7. The second kappa shape index (κ2) is 9.19. The van der Waals surface area contributed by atoms with Crippen molar-refractivity contribution in [1.82, 2.24) is 9.55 Å². The Hall–Kier alpha value is -2.08. The molecular formula is C25H25ClN2OS2. The zero-order valence-corrected chi connectivity index (χ0v) is 20.5. The molecule has 2 aromatic carbocycles. The maximum Gasteiger partial charge on any atom is 0.267 e. The lowest BCUT2D eigenvalue weighted by molar-refractivity contribution is 0.820. The highest BCUT2D eigenvalue weighted by atomic mass is 35.5. The predicted molar refractivity (Wildman–Crippen MR) is 134 cm³/mol. The Morgan fingerprint density at radius 1 is 1.10 bits per heavy atom.